The number of ketones is 1. The van der Waals surface area contributed by atoms with Crippen molar-refractivity contribution in [3.8, 4) is 0 Å². The van der Waals surface area contributed by atoms with Crippen LogP contribution in [0.15, 0.2) is 54.6 Å². The summed E-state index contributed by atoms with van der Waals surface area (Å²) in [5, 5.41) is 1.13. The van der Waals surface area contributed by atoms with Crippen LogP contribution in [0.3, 0.4) is 0 Å². The standard InChI is InChI=1S/C23H22N2O3/c1-28-23(27)21-13-17-16-9-5-6-10-18(16)24-22(17)20-12-15(26)11-19(25(20)21)14-7-3-2-4-8-14/h2-10,19-21,24H,11-13H2,1H3/t19-,20+,21-/m0/s1. The summed E-state index contributed by atoms with van der Waals surface area (Å²) in [7, 11) is 1.44. The van der Waals surface area contributed by atoms with Crippen LogP contribution in [-0.2, 0) is 20.7 Å². The maximum absolute atomic E-state index is 12.8. The number of para-hydroxylation sites is 1. The molecule has 5 rings (SSSR count). The van der Waals surface area contributed by atoms with E-state index in [4.69, 9.17) is 4.74 Å². The lowest BCUT2D eigenvalue weighted by Crippen LogP contribution is -2.53. The number of nitrogens with zero attached hydrogens (tertiary/aromatic N) is 1. The van der Waals surface area contributed by atoms with E-state index in [1.807, 2.05) is 48.5 Å². The lowest BCUT2D eigenvalue weighted by atomic mass is 9.81. The molecule has 1 N–H and O–H groups in total. The quantitative estimate of drug-likeness (QED) is 0.695. The Balaban J connectivity index is 1.69. The fraction of sp³-hybridized carbons (Fsp3) is 0.304. The van der Waals surface area contributed by atoms with Crippen LogP contribution in [0.4, 0.5) is 0 Å². The van der Waals surface area contributed by atoms with Crippen molar-refractivity contribution in [1.82, 2.24) is 9.88 Å². The Morgan fingerprint density at radius 1 is 1.00 bits per heavy atom. The maximum Gasteiger partial charge on any atom is 0.323 e. The first-order valence-corrected chi connectivity index (χ1v) is 9.68. The fourth-order valence-electron chi connectivity index (χ4n) is 4.96. The highest BCUT2D eigenvalue weighted by Crippen LogP contribution is 2.47. The number of esters is 1. The smallest absolute Gasteiger partial charge is 0.323 e. The molecule has 0 saturated carbocycles. The molecule has 28 heavy (non-hydrogen) atoms. The minimum Gasteiger partial charge on any atom is -0.468 e. The molecule has 0 spiro atoms. The van der Waals surface area contributed by atoms with E-state index in [0.29, 0.717) is 19.3 Å². The van der Waals surface area contributed by atoms with E-state index in [1.165, 1.54) is 7.11 Å². The van der Waals surface area contributed by atoms with Crippen molar-refractivity contribution in [2.75, 3.05) is 7.11 Å². The normalized spacial score (nSPS) is 24.6. The number of benzene rings is 2. The van der Waals surface area contributed by atoms with Crippen molar-refractivity contribution in [2.24, 2.45) is 0 Å². The lowest BCUT2D eigenvalue weighted by Gasteiger charge is -2.47. The Hall–Kier alpha value is -2.92. The molecule has 0 amide bonds. The Bertz CT molecular complexity index is 1060. The van der Waals surface area contributed by atoms with Gasteiger partial charge in [-0.1, -0.05) is 48.5 Å². The van der Waals surface area contributed by atoms with Gasteiger partial charge in [0.2, 0.25) is 0 Å². The zero-order chi connectivity index (χ0) is 19.3. The SMILES string of the molecule is COC(=O)[C@@H]1Cc2c([nH]c3ccccc23)[C@H]2CC(=O)C[C@@H](c3ccccc3)N21. The van der Waals surface area contributed by atoms with Crippen molar-refractivity contribution >= 4 is 22.7 Å². The van der Waals surface area contributed by atoms with Gasteiger partial charge in [0, 0.05) is 41.9 Å². The molecule has 5 nitrogen and oxygen atoms in total. The fourth-order valence-corrected chi connectivity index (χ4v) is 4.96. The predicted octanol–water partition coefficient (Wildman–Crippen LogP) is 3.71. The van der Waals surface area contributed by atoms with Gasteiger partial charge in [-0.2, -0.15) is 0 Å². The number of fused-ring (bicyclic) bond motifs is 5. The van der Waals surface area contributed by atoms with E-state index in [-0.39, 0.29) is 23.8 Å². The molecule has 2 aliphatic rings. The summed E-state index contributed by atoms with van der Waals surface area (Å²) in [6, 6.07) is 17.5. The third-order valence-corrected chi connectivity index (χ3v) is 6.16. The topological polar surface area (TPSA) is 62.4 Å². The molecular weight excluding hydrogens is 352 g/mol. The highest BCUT2D eigenvalue weighted by atomic mass is 16.5. The first-order chi connectivity index (χ1) is 13.7. The Labute approximate surface area is 163 Å². The number of aromatic nitrogens is 1. The number of ether oxygens (including phenoxy) is 1. The molecule has 142 valence electrons. The van der Waals surface area contributed by atoms with Crippen LogP contribution >= 0.6 is 0 Å². The van der Waals surface area contributed by atoms with Crippen LogP contribution in [-0.4, -0.2) is 34.8 Å². The van der Waals surface area contributed by atoms with Gasteiger partial charge in [-0.15, -0.1) is 0 Å². The number of Topliss-reactive ketones (excluding diaryl/α,β-unsaturated/α-hetero) is 1. The molecule has 0 radical (unpaired) electrons. The first-order valence-electron chi connectivity index (χ1n) is 9.68. The maximum atomic E-state index is 12.8. The van der Waals surface area contributed by atoms with Crippen LogP contribution in [0.5, 0.6) is 0 Å². The molecule has 0 aliphatic carbocycles. The van der Waals surface area contributed by atoms with E-state index < -0.39 is 6.04 Å². The molecule has 1 fully saturated rings. The van der Waals surface area contributed by atoms with Gasteiger partial charge in [0.05, 0.1) is 13.2 Å². The van der Waals surface area contributed by atoms with Crippen molar-refractivity contribution in [2.45, 2.75) is 37.4 Å². The number of hydrogen-bond acceptors (Lipinski definition) is 4. The van der Waals surface area contributed by atoms with Crippen molar-refractivity contribution in [1.29, 1.82) is 0 Å². The van der Waals surface area contributed by atoms with E-state index in [1.54, 1.807) is 0 Å². The highest BCUT2D eigenvalue weighted by molar-refractivity contribution is 5.89. The van der Waals surface area contributed by atoms with E-state index in [2.05, 4.69) is 16.0 Å². The van der Waals surface area contributed by atoms with Gasteiger partial charge in [0.1, 0.15) is 11.8 Å². The number of carbonyl (C=O) groups excluding carboxylic acids is 2. The summed E-state index contributed by atoms with van der Waals surface area (Å²) < 4.78 is 5.18. The molecule has 5 heteroatoms. The summed E-state index contributed by atoms with van der Waals surface area (Å²) in [6.07, 6.45) is 1.42. The summed E-state index contributed by atoms with van der Waals surface area (Å²) in [5.74, 6) is -0.0126. The number of carbonyl (C=O) groups is 2. The molecule has 1 saturated heterocycles. The van der Waals surface area contributed by atoms with Gasteiger partial charge in [-0.25, -0.2) is 0 Å². The second kappa shape index (κ2) is 6.60. The van der Waals surface area contributed by atoms with Crippen LogP contribution < -0.4 is 0 Å². The van der Waals surface area contributed by atoms with Crippen LogP contribution in [0.2, 0.25) is 0 Å². The molecule has 0 bridgehead atoms. The third kappa shape index (κ3) is 2.58. The summed E-state index contributed by atoms with van der Waals surface area (Å²) in [6.45, 7) is 0. The van der Waals surface area contributed by atoms with Crippen molar-refractivity contribution < 1.29 is 14.3 Å². The van der Waals surface area contributed by atoms with Crippen LogP contribution in [0.25, 0.3) is 10.9 Å². The average molecular weight is 374 g/mol. The summed E-state index contributed by atoms with van der Waals surface area (Å²) >= 11 is 0. The van der Waals surface area contributed by atoms with Gasteiger partial charge >= 0.3 is 5.97 Å². The molecule has 3 atom stereocenters. The van der Waals surface area contributed by atoms with Crippen molar-refractivity contribution in [3.05, 3.63) is 71.4 Å². The molecule has 3 aromatic rings. The second-order valence-corrected chi connectivity index (χ2v) is 7.64. The molecule has 1 aromatic heterocycles. The second-order valence-electron chi connectivity index (χ2n) is 7.64. The van der Waals surface area contributed by atoms with Gasteiger partial charge < -0.3 is 9.72 Å². The zero-order valence-electron chi connectivity index (χ0n) is 15.7. The molecule has 2 aliphatic heterocycles. The zero-order valence-corrected chi connectivity index (χ0v) is 15.7. The molecule has 2 aromatic carbocycles. The predicted molar refractivity (Wildman–Crippen MR) is 106 cm³/mol. The highest BCUT2D eigenvalue weighted by Gasteiger charge is 2.47. The van der Waals surface area contributed by atoms with Gasteiger partial charge in [-0.3, -0.25) is 14.5 Å². The van der Waals surface area contributed by atoms with Gasteiger partial charge in [0.25, 0.3) is 0 Å². The number of piperidine rings is 1. The number of aromatic amines is 1. The largest absolute Gasteiger partial charge is 0.468 e. The summed E-state index contributed by atoms with van der Waals surface area (Å²) in [4.78, 5) is 31.3. The van der Waals surface area contributed by atoms with Gasteiger partial charge in [0.15, 0.2) is 0 Å². The van der Waals surface area contributed by atoms with E-state index in [9.17, 15) is 9.59 Å². The minimum atomic E-state index is -0.403. The number of rotatable bonds is 2. The number of hydrogen-bond donors (Lipinski definition) is 1. The van der Waals surface area contributed by atoms with Crippen molar-refractivity contribution in [3.63, 3.8) is 0 Å². The number of nitrogens with one attached hydrogen (secondary N) is 1. The van der Waals surface area contributed by atoms with E-state index in [0.717, 1.165) is 27.7 Å². The molecular formula is C23H22N2O3. The lowest BCUT2D eigenvalue weighted by molar-refractivity contribution is -0.153. The monoisotopic (exact) mass is 374 g/mol. The molecule has 3 heterocycles. The molecule has 0 unspecified atom stereocenters. The summed E-state index contributed by atoms with van der Waals surface area (Å²) in [5.41, 5.74) is 4.31. The third-order valence-electron chi connectivity index (χ3n) is 6.16. The Kier molecular flexibility index (Phi) is 4.05. The number of H-pyrrole nitrogens is 1. The Morgan fingerprint density at radius 2 is 1.71 bits per heavy atom. The van der Waals surface area contributed by atoms with E-state index >= 15 is 0 Å². The Morgan fingerprint density at radius 3 is 2.50 bits per heavy atom. The first kappa shape index (κ1) is 17.2. The van der Waals surface area contributed by atoms with Crippen LogP contribution in [0.1, 0.15) is 41.7 Å². The van der Waals surface area contributed by atoms with Crippen LogP contribution in [0, 0.1) is 0 Å². The average Bonchev–Trinajstić information content (AvgIpc) is 3.11. The number of methoxy groups -OCH3 is 1. The minimum absolute atomic E-state index is 0.129. The van der Waals surface area contributed by atoms with Gasteiger partial charge in [-0.05, 0) is 17.2 Å².